The lowest BCUT2D eigenvalue weighted by atomic mass is 10.1. The highest BCUT2D eigenvalue weighted by molar-refractivity contribution is 5.84. The van der Waals surface area contributed by atoms with Crippen LogP contribution in [0.2, 0.25) is 0 Å². The molecule has 2 aromatic heterocycles. The highest BCUT2D eigenvalue weighted by atomic mass is 15.2. The molecule has 0 atom stereocenters. The number of para-hydroxylation sites is 2. The first kappa shape index (κ1) is 15.2. The van der Waals surface area contributed by atoms with E-state index >= 15 is 0 Å². The van der Waals surface area contributed by atoms with Gasteiger partial charge in [0.15, 0.2) is 17.3 Å². The summed E-state index contributed by atoms with van der Waals surface area (Å²) in [6.07, 6.45) is 4.78. The molecule has 126 valence electrons. The Hall–Kier alpha value is -2.30. The minimum atomic E-state index is 0.516. The average molecular weight is 323 g/mol. The number of hydrogen-bond acceptors (Lipinski definition) is 4. The topological polar surface area (TPSA) is 59.5 Å². The SMILES string of the molecule is CC(C)Cc1c(N2CCCCC2)nc2c(N)nc3ccccc3n12. The molecule has 0 spiro atoms. The summed E-state index contributed by atoms with van der Waals surface area (Å²) in [7, 11) is 0. The van der Waals surface area contributed by atoms with Crippen LogP contribution in [0.25, 0.3) is 16.7 Å². The van der Waals surface area contributed by atoms with Crippen LogP contribution in [0.15, 0.2) is 24.3 Å². The first-order valence-electron chi connectivity index (χ1n) is 8.95. The highest BCUT2D eigenvalue weighted by Gasteiger charge is 2.23. The van der Waals surface area contributed by atoms with E-state index in [0.29, 0.717) is 11.7 Å². The fourth-order valence-electron chi connectivity index (χ4n) is 3.73. The van der Waals surface area contributed by atoms with Gasteiger partial charge in [-0.2, -0.15) is 0 Å². The zero-order valence-corrected chi connectivity index (χ0v) is 14.5. The smallest absolute Gasteiger partial charge is 0.182 e. The Morgan fingerprint density at radius 1 is 1.08 bits per heavy atom. The zero-order chi connectivity index (χ0) is 16.7. The van der Waals surface area contributed by atoms with Crippen LogP contribution in [0.5, 0.6) is 0 Å². The normalized spacial score (nSPS) is 15.7. The van der Waals surface area contributed by atoms with Crippen molar-refractivity contribution in [3.63, 3.8) is 0 Å². The maximum atomic E-state index is 6.25. The fraction of sp³-hybridized carbons (Fsp3) is 0.474. The summed E-state index contributed by atoms with van der Waals surface area (Å²) in [5.74, 6) is 2.18. The molecule has 1 aliphatic rings. The van der Waals surface area contributed by atoms with Gasteiger partial charge in [0, 0.05) is 13.1 Å². The second-order valence-corrected chi connectivity index (χ2v) is 7.17. The molecule has 1 aliphatic heterocycles. The zero-order valence-electron chi connectivity index (χ0n) is 14.5. The third-order valence-electron chi connectivity index (χ3n) is 4.80. The van der Waals surface area contributed by atoms with Crippen molar-refractivity contribution < 1.29 is 0 Å². The fourth-order valence-corrected chi connectivity index (χ4v) is 3.73. The van der Waals surface area contributed by atoms with Gasteiger partial charge < -0.3 is 10.6 Å². The number of hydrogen-bond donors (Lipinski definition) is 1. The molecule has 0 amide bonds. The van der Waals surface area contributed by atoms with E-state index in [1.165, 1.54) is 25.0 Å². The van der Waals surface area contributed by atoms with E-state index < -0.39 is 0 Å². The van der Waals surface area contributed by atoms with Crippen LogP contribution >= 0.6 is 0 Å². The number of aromatic nitrogens is 3. The molecule has 1 saturated heterocycles. The minimum absolute atomic E-state index is 0.516. The molecular formula is C19H25N5. The molecular weight excluding hydrogens is 298 g/mol. The van der Waals surface area contributed by atoms with E-state index in [-0.39, 0.29) is 0 Å². The monoisotopic (exact) mass is 323 g/mol. The van der Waals surface area contributed by atoms with Gasteiger partial charge in [-0.15, -0.1) is 0 Å². The van der Waals surface area contributed by atoms with Crippen LogP contribution in [0, 0.1) is 5.92 Å². The quantitative estimate of drug-likeness (QED) is 0.799. The summed E-state index contributed by atoms with van der Waals surface area (Å²) in [4.78, 5) is 11.9. The number of piperidine rings is 1. The van der Waals surface area contributed by atoms with Gasteiger partial charge in [-0.1, -0.05) is 26.0 Å². The number of nitrogen functional groups attached to an aromatic ring is 1. The summed E-state index contributed by atoms with van der Waals surface area (Å²) in [6.45, 7) is 6.68. The van der Waals surface area contributed by atoms with E-state index in [0.717, 1.165) is 42.0 Å². The minimum Gasteiger partial charge on any atom is -0.381 e. The Labute approximate surface area is 142 Å². The third-order valence-corrected chi connectivity index (χ3v) is 4.80. The summed E-state index contributed by atoms with van der Waals surface area (Å²) in [6, 6.07) is 8.19. The molecule has 3 heterocycles. The van der Waals surface area contributed by atoms with Gasteiger partial charge in [-0.25, -0.2) is 9.97 Å². The first-order valence-corrected chi connectivity index (χ1v) is 8.95. The van der Waals surface area contributed by atoms with Gasteiger partial charge in [0.05, 0.1) is 16.7 Å². The predicted octanol–water partition coefficient (Wildman–Crippen LogP) is 3.65. The Morgan fingerprint density at radius 2 is 1.83 bits per heavy atom. The Morgan fingerprint density at radius 3 is 2.58 bits per heavy atom. The van der Waals surface area contributed by atoms with E-state index in [9.17, 15) is 0 Å². The van der Waals surface area contributed by atoms with E-state index in [4.69, 9.17) is 10.7 Å². The van der Waals surface area contributed by atoms with Crippen LogP contribution in [-0.2, 0) is 6.42 Å². The molecule has 2 N–H and O–H groups in total. The third kappa shape index (κ3) is 2.48. The number of nitrogens with zero attached hydrogens (tertiary/aromatic N) is 4. The second-order valence-electron chi connectivity index (χ2n) is 7.17. The lowest BCUT2D eigenvalue weighted by Crippen LogP contribution is -2.30. The standard InChI is InChI=1S/C19H25N5/c1-13(2)12-16-18(23-10-6-3-7-11-23)22-19-17(20)21-14-8-4-5-9-15(14)24(16)19/h4-5,8-9,13H,3,6-7,10-12H2,1-2H3,(H2,20,21). The van der Waals surface area contributed by atoms with E-state index in [2.05, 4.69) is 40.3 Å². The number of nitrogens with two attached hydrogens (primary N) is 1. The van der Waals surface area contributed by atoms with Crippen molar-refractivity contribution in [1.29, 1.82) is 0 Å². The summed E-state index contributed by atoms with van der Waals surface area (Å²) in [5, 5.41) is 0. The number of rotatable bonds is 3. The van der Waals surface area contributed by atoms with Crippen molar-refractivity contribution in [2.45, 2.75) is 39.5 Å². The lowest BCUT2D eigenvalue weighted by Gasteiger charge is -2.28. The molecule has 0 radical (unpaired) electrons. The van der Waals surface area contributed by atoms with Crippen LogP contribution in [-0.4, -0.2) is 27.5 Å². The highest BCUT2D eigenvalue weighted by Crippen LogP contribution is 2.31. The first-order chi connectivity index (χ1) is 11.6. The number of benzene rings is 1. The molecule has 1 aromatic carbocycles. The molecule has 1 fully saturated rings. The van der Waals surface area contributed by atoms with Crippen LogP contribution in [0.3, 0.4) is 0 Å². The summed E-state index contributed by atoms with van der Waals surface area (Å²) in [5.41, 5.74) is 10.3. The van der Waals surface area contributed by atoms with Crippen molar-refractivity contribution in [3.05, 3.63) is 30.0 Å². The van der Waals surface area contributed by atoms with Crippen molar-refractivity contribution in [3.8, 4) is 0 Å². The molecule has 3 aromatic rings. The summed E-state index contributed by atoms with van der Waals surface area (Å²) >= 11 is 0. The number of imidazole rings is 1. The molecule has 0 bridgehead atoms. The van der Waals surface area contributed by atoms with Gasteiger partial charge in [0.2, 0.25) is 0 Å². The van der Waals surface area contributed by atoms with Crippen molar-refractivity contribution >= 4 is 28.3 Å². The molecule has 0 unspecified atom stereocenters. The Kier molecular flexibility index (Phi) is 3.79. The van der Waals surface area contributed by atoms with Gasteiger partial charge in [-0.3, -0.25) is 4.40 Å². The van der Waals surface area contributed by atoms with Crippen molar-refractivity contribution in [1.82, 2.24) is 14.4 Å². The molecule has 24 heavy (non-hydrogen) atoms. The van der Waals surface area contributed by atoms with Gasteiger partial charge in [0.25, 0.3) is 0 Å². The Balaban J connectivity index is 2.01. The van der Waals surface area contributed by atoms with Gasteiger partial charge in [-0.05, 0) is 43.7 Å². The van der Waals surface area contributed by atoms with Crippen LogP contribution in [0.1, 0.15) is 38.8 Å². The van der Waals surface area contributed by atoms with Crippen molar-refractivity contribution in [2.24, 2.45) is 5.92 Å². The maximum Gasteiger partial charge on any atom is 0.182 e. The average Bonchev–Trinajstić information content (AvgIpc) is 2.95. The van der Waals surface area contributed by atoms with Crippen molar-refractivity contribution in [2.75, 3.05) is 23.7 Å². The Bertz CT molecular complexity index is 874. The lowest BCUT2D eigenvalue weighted by molar-refractivity contribution is 0.567. The van der Waals surface area contributed by atoms with Crippen LogP contribution < -0.4 is 10.6 Å². The summed E-state index contributed by atoms with van der Waals surface area (Å²) < 4.78 is 2.24. The largest absolute Gasteiger partial charge is 0.381 e. The second kappa shape index (κ2) is 5.96. The van der Waals surface area contributed by atoms with E-state index in [1.807, 2.05) is 12.1 Å². The molecule has 0 saturated carbocycles. The molecule has 5 nitrogen and oxygen atoms in total. The molecule has 0 aliphatic carbocycles. The van der Waals surface area contributed by atoms with E-state index in [1.54, 1.807) is 0 Å². The van der Waals surface area contributed by atoms with Gasteiger partial charge >= 0.3 is 0 Å². The number of anilines is 2. The maximum absolute atomic E-state index is 6.25. The number of fused-ring (bicyclic) bond motifs is 3. The predicted molar refractivity (Wildman–Crippen MR) is 99.5 cm³/mol. The molecule has 4 rings (SSSR count). The van der Waals surface area contributed by atoms with Gasteiger partial charge in [0.1, 0.15) is 0 Å². The van der Waals surface area contributed by atoms with Crippen LogP contribution in [0.4, 0.5) is 11.6 Å². The molecule has 5 heteroatoms.